The summed E-state index contributed by atoms with van der Waals surface area (Å²) in [6.45, 7) is 2.31. The Morgan fingerprint density at radius 1 is 1.19 bits per heavy atom. The monoisotopic (exact) mass is 377 g/mol. The van der Waals surface area contributed by atoms with Crippen LogP contribution in [0.1, 0.15) is 36.9 Å². The van der Waals surface area contributed by atoms with E-state index in [0.29, 0.717) is 12.3 Å². The molecule has 138 valence electrons. The van der Waals surface area contributed by atoms with Crippen molar-refractivity contribution < 1.29 is 33.5 Å². The van der Waals surface area contributed by atoms with Crippen molar-refractivity contribution >= 4 is 16.6 Å². The molecule has 1 N–H and O–H groups in total. The van der Waals surface area contributed by atoms with Crippen LogP contribution in [0.15, 0.2) is 24.3 Å². The fourth-order valence-corrected chi connectivity index (χ4v) is 4.08. The second-order valence-electron chi connectivity index (χ2n) is 6.56. The van der Waals surface area contributed by atoms with Gasteiger partial charge in [0.2, 0.25) is 5.71 Å². The second-order valence-corrected chi connectivity index (χ2v) is 7.32. The number of hydrogen-bond acceptors (Lipinski definition) is 5. The molecule has 7 nitrogen and oxygen atoms in total. The molecule has 0 radical (unpaired) electrons. The van der Waals surface area contributed by atoms with Gasteiger partial charge in [-0.1, -0.05) is 18.2 Å². The van der Waals surface area contributed by atoms with Gasteiger partial charge in [0.15, 0.2) is 0 Å². The van der Waals surface area contributed by atoms with Crippen molar-refractivity contribution in [2.45, 2.75) is 32.1 Å². The van der Waals surface area contributed by atoms with Gasteiger partial charge in [0.25, 0.3) is 0 Å². The van der Waals surface area contributed by atoms with E-state index in [2.05, 4.69) is 39.9 Å². The summed E-state index contributed by atoms with van der Waals surface area (Å²) in [5, 5.41) is 10.3. The number of H-pyrrole nitrogens is 1. The normalized spacial score (nSPS) is 19.3. The van der Waals surface area contributed by atoms with Crippen molar-refractivity contribution in [3.05, 3.63) is 35.5 Å². The van der Waals surface area contributed by atoms with Crippen LogP contribution >= 0.6 is 0 Å². The van der Waals surface area contributed by atoms with Crippen LogP contribution in [0.3, 0.4) is 0 Å². The number of halogens is 1. The van der Waals surface area contributed by atoms with E-state index in [4.69, 9.17) is 23.9 Å². The topological polar surface area (TPSA) is 135 Å². The average molecular weight is 378 g/mol. The minimum Gasteiger partial charge on any atom is -0.350 e. The first kappa shape index (κ1) is 18.8. The quantitative estimate of drug-likeness (QED) is 0.634. The summed E-state index contributed by atoms with van der Waals surface area (Å²) in [7, 11) is -4.94. The lowest BCUT2D eigenvalue weighted by Gasteiger charge is -2.26. The Balaban J connectivity index is 0.000000349. The van der Waals surface area contributed by atoms with E-state index in [-0.39, 0.29) is 0 Å². The molecule has 26 heavy (non-hydrogen) atoms. The SMILES string of the molecule is N#CCCC1CCC[N+]2=C1c1[nH]c3ccccc3c1CC2.[O-][Cl+3]([O-])([O-])[O-]. The number of nitriles is 1. The molecule has 1 unspecified atom stereocenters. The number of nitrogens with zero attached hydrogens (tertiary/aromatic N) is 2. The van der Waals surface area contributed by atoms with Crippen molar-refractivity contribution in [2.75, 3.05) is 13.1 Å². The van der Waals surface area contributed by atoms with Crippen LogP contribution in [0.4, 0.5) is 0 Å². The molecular formula is C18H20ClN3O4. The van der Waals surface area contributed by atoms with Gasteiger partial charge in [0, 0.05) is 36.1 Å². The van der Waals surface area contributed by atoms with Gasteiger partial charge in [-0.15, -0.1) is 10.2 Å². The highest BCUT2D eigenvalue weighted by Gasteiger charge is 2.36. The first-order valence-electron chi connectivity index (χ1n) is 8.59. The van der Waals surface area contributed by atoms with Gasteiger partial charge >= 0.3 is 0 Å². The fourth-order valence-electron chi connectivity index (χ4n) is 4.08. The van der Waals surface area contributed by atoms with E-state index >= 15 is 0 Å². The van der Waals surface area contributed by atoms with Gasteiger partial charge in [-0.25, -0.2) is 23.2 Å². The third-order valence-electron chi connectivity index (χ3n) is 5.01. The molecule has 0 fully saturated rings. The zero-order valence-electron chi connectivity index (χ0n) is 14.2. The van der Waals surface area contributed by atoms with E-state index < -0.39 is 10.2 Å². The molecule has 0 bridgehead atoms. The zero-order chi connectivity index (χ0) is 18.7. The smallest absolute Gasteiger partial charge is 0.203 e. The summed E-state index contributed by atoms with van der Waals surface area (Å²) in [6.07, 6.45) is 5.28. The molecule has 0 amide bonds. The second kappa shape index (κ2) is 7.74. The highest BCUT2D eigenvalue weighted by atomic mass is 35.7. The Bertz CT molecular complexity index is 857. The summed E-state index contributed by atoms with van der Waals surface area (Å²) in [5.74, 6) is 0.547. The van der Waals surface area contributed by atoms with E-state index in [1.165, 1.54) is 47.3 Å². The summed E-state index contributed by atoms with van der Waals surface area (Å²) >= 11 is 0. The van der Waals surface area contributed by atoms with Crippen LogP contribution in [0.5, 0.6) is 0 Å². The summed E-state index contributed by atoms with van der Waals surface area (Å²) < 4.78 is 36.5. The first-order valence-corrected chi connectivity index (χ1v) is 9.82. The van der Waals surface area contributed by atoms with Crippen molar-refractivity contribution in [1.29, 1.82) is 5.26 Å². The number of para-hydroxylation sites is 1. The largest absolute Gasteiger partial charge is 0.350 e. The molecular weight excluding hydrogens is 358 g/mol. The van der Waals surface area contributed by atoms with Crippen LogP contribution in [-0.4, -0.2) is 28.4 Å². The highest BCUT2D eigenvalue weighted by Crippen LogP contribution is 2.32. The van der Waals surface area contributed by atoms with E-state index in [1.54, 1.807) is 0 Å². The maximum atomic E-state index is 8.92. The van der Waals surface area contributed by atoms with E-state index in [1.807, 2.05) is 0 Å². The van der Waals surface area contributed by atoms with Gasteiger partial charge in [0.05, 0.1) is 6.07 Å². The Morgan fingerprint density at radius 2 is 1.92 bits per heavy atom. The maximum absolute atomic E-state index is 8.92. The summed E-state index contributed by atoms with van der Waals surface area (Å²) in [4.78, 5) is 3.66. The Morgan fingerprint density at radius 3 is 2.65 bits per heavy atom. The number of aromatic nitrogens is 1. The third kappa shape index (κ3) is 4.23. The van der Waals surface area contributed by atoms with Gasteiger partial charge in [-0.3, -0.25) is 0 Å². The highest BCUT2D eigenvalue weighted by molar-refractivity contribution is 6.04. The van der Waals surface area contributed by atoms with Crippen LogP contribution < -0.4 is 18.6 Å². The van der Waals surface area contributed by atoms with Crippen molar-refractivity contribution in [3.8, 4) is 6.07 Å². The number of fused-ring (bicyclic) bond motifs is 4. The standard InChI is InChI=1S/C18H19N3.ClHO4/c19-10-3-5-13-6-4-11-21-12-9-15-14-7-1-2-8-16(14)20-17(15)18(13)21;2-1(3,4)5/h1-2,7-8,13H,3-6,9,11-12H2;(H,2,3,4,5). The van der Waals surface area contributed by atoms with E-state index in [0.717, 1.165) is 19.4 Å². The van der Waals surface area contributed by atoms with Crippen LogP contribution in [0.2, 0.25) is 0 Å². The van der Waals surface area contributed by atoms with Gasteiger partial charge in [-0.05, 0) is 24.5 Å². The molecule has 0 saturated heterocycles. The Kier molecular flexibility index (Phi) is 5.61. The molecule has 0 aliphatic carbocycles. The molecule has 2 aromatic rings. The van der Waals surface area contributed by atoms with Crippen LogP contribution in [-0.2, 0) is 6.42 Å². The van der Waals surface area contributed by atoms with Crippen LogP contribution in [0.25, 0.3) is 10.9 Å². The molecule has 0 spiro atoms. The van der Waals surface area contributed by atoms with Crippen molar-refractivity contribution in [1.82, 2.24) is 4.98 Å². The van der Waals surface area contributed by atoms with Crippen molar-refractivity contribution in [3.63, 3.8) is 0 Å². The lowest BCUT2D eigenvalue weighted by molar-refractivity contribution is -2.00. The average Bonchev–Trinajstić information content (AvgIpc) is 2.97. The molecule has 0 saturated carbocycles. The third-order valence-corrected chi connectivity index (χ3v) is 5.01. The molecule has 2 aliphatic heterocycles. The zero-order valence-corrected chi connectivity index (χ0v) is 15.0. The molecule has 3 heterocycles. The Hall–Kier alpha value is -1.95. The molecule has 8 heteroatoms. The summed E-state index contributed by atoms with van der Waals surface area (Å²) in [6, 6.07) is 10.9. The maximum Gasteiger partial charge on any atom is 0.203 e. The number of nitrogens with one attached hydrogen (secondary N) is 1. The van der Waals surface area contributed by atoms with Crippen molar-refractivity contribution in [2.24, 2.45) is 5.92 Å². The minimum absolute atomic E-state index is 0.547. The summed E-state index contributed by atoms with van der Waals surface area (Å²) in [5.41, 5.74) is 5.57. The first-order chi connectivity index (χ1) is 12.4. The van der Waals surface area contributed by atoms with Gasteiger partial charge < -0.3 is 4.98 Å². The number of aromatic amines is 1. The lowest BCUT2D eigenvalue weighted by Crippen LogP contribution is -2.68. The minimum atomic E-state index is -4.94. The molecule has 2 aliphatic rings. The van der Waals surface area contributed by atoms with Crippen LogP contribution in [0, 0.1) is 27.5 Å². The van der Waals surface area contributed by atoms with E-state index in [9.17, 15) is 0 Å². The fraction of sp³-hybridized carbons (Fsp3) is 0.444. The number of hydrogen-bond donors (Lipinski definition) is 1. The lowest BCUT2D eigenvalue weighted by atomic mass is 9.84. The van der Waals surface area contributed by atoms with Gasteiger partial charge in [-0.2, -0.15) is 5.26 Å². The molecule has 1 aromatic carbocycles. The number of benzene rings is 1. The molecule has 1 atom stereocenters. The Labute approximate surface area is 153 Å². The predicted molar refractivity (Wildman–Crippen MR) is 83.7 cm³/mol. The number of rotatable bonds is 2. The molecule has 1 aromatic heterocycles. The van der Waals surface area contributed by atoms with Gasteiger partial charge in [0.1, 0.15) is 18.8 Å². The molecule has 4 rings (SSSR count). The predicted octanol–water partition coefficient (Wildman–Crippen LogP) is -1.52.